The second-order valence-electron chi connectivity index (χ2n) is 3.67. The maximum Gasteiger partial charge on any atom is 0.294 e. The summed E-state index contributed by atoms with van der Waals surface area (Å²) < 4.78 is 17.3. The van der Waals surface area contributed by atoms with E-state index in [2.05, 4.69) is 5.32 Å². The van der Waals surface area contributed by atoms with Gasteiger partial charge in [-0.2, -0.15) is 0 Å². The molecule has 1 aliphatic carbocycles. The standard InChI is InChI=1S/C11H10FNO3/c12-8-1-3-9(4-2-8)13-10(15)11(5-6-11)16-7-14/h1-4,7H,5-6H2,(H,13,15). The molecule has 0 atom stereocenters. The van der Waals surface area contributed by atoms with E-state index in [1.807, 2.05) is 0 Å². The molecule has 4 nitrogen and oxygen atoms in total. The van der Waals surface area contributed by atoms with Crippen molar-refractivity contribution in [3.8, 4) is 0 Å². The molecule has 0 saturated heterocycles. The molecule has 1 fully saturated rings. The molecule has 0 aliphatic heterocycles. The lowest BCUT2D eigenvalue weighted by atomic mass is 10.2. The third-order valence-electron chi connectivity index (χ3n) is 2.49. The number of anilines is 1. The van der Waals surface area contributed by atoms with Crippen molar-refractivity contribution < 1.29 is 18.7 Å². The first-order valence-corrected chi connectivity index (χ1v) is 4.85. The lowest BCUT2D eigenvalue weighted by Crippen LogP contribution is -2.32. The van der Waals surface area contributed by atoms with Crippen molar-refractivity contribution in [1.29, 1.82) is 0 Å². The Morgan fingerprint density at radius 2 is 2.00 bits per heavy atom. The minimum atomic E-state index is -1.00. The van der Waals surface area contributed by atoms with E-state index < -0.39 is 5.60 Å². The molecule has 0 radical (unpaired) electrons. The molecule has 1 saturated carbocycles. The summed E-state index contributed by atoms with van der Waals surface area (Å²) in [5, 5.41) is 2.57. The number of carbonyl (C=O) groups excluding carboxylic acids is 2. The molecule has 1 N–H and O–H groups in total. The summed E-state index contributed by atoms with van der Waals surface area (Å²) in [6.07, 6.45) is 1.05. The largest absolute Gasteiger partial charge is 0.451 e. The summed E-state index contributed by atoms with van der Waals surface area (Å²) in [6, 6.07) is 5.39. The molecule has 84 valence electrons. The van der Waals surface area contributed by atoms with E-state index in [0.29, 0.717) is 18.5 Å². The third-order valence-corrected chi connectivity index (χ3v) is 2.49. The molecule has 0 heterocycles. The number of hydrogen-bond acceptors (Lipinski definition) is 3. The van der Waals surface area contributed by atoms with Gasteiger partial charge in [0.2, 0.25) is 0 Å². The van der Waals surface area contributed by atoms with Crippen molar-refractivity contribution in [1.82, 2.24) is 0 Å². The predicted octanol–water partition coefficient (Wildman–Crippen LogP) is 1.47. The molecular formula is C11H10FNO3. The monoisotopic (exact) mass is 223 g/mol. The fraction of sp³-hybridized carbons (Fsp3) is 0.273. The molecule has 0 unspecified atom stereocenters. The highest BCUT2D eigenvalue weighted by Crippen LogP contribution is 2.39. The normalized spacial score (nSPS) is 16.3. The van der Waals surface area contributed by atoms with Crippen LogP contribution >= 0.6 is 0 Å². The number of benzene rings is 1. The minimum Gasteiger partial charge on any atom is -0.451 e. The van der Waals surface area contributed by atoms with Gasteiger partial charge in [0, 0.05) is 18.5 Å². The van der Waals surface area contributed by atoms with Crippen LogP contribution in [-0.4, -0.2) is 18.0 Å². The zero-order valence-corrected chi connectivity index (χ0v) is 8.40. The molecule has 16 heavy (non-hydrogen) atoms. The second-order valence-corrected chi connectivity index (χ2v) is 3.67. The van der Waals surface area contributed by atoms with Gasteiger partial charge in [0.1, 0.15) is 5.82 Å². The number of halogens is 1. The van der Waals surface area contributed by atoms with Gasteiger partial charge in [-0.25, -0.2) is 4.39 Å². The number of hydrogen-bond donors (Lipinski definition) is 1. The van der Waals surface area contributed by atoms with Gasteiger partial charge in [0.15, 0.2) is 5.60 Å². The third kappa shape index (κ3) is 2.03. The molecule has 0 bridgehead atoms. The molecule has 1 aromatic rings. The summed E-state index contributed by atoms with van der Waals surface area (Å²) >= 11 is 0. The highest BCUT2D eigenvalue weighted by molar-refractivity contribution is 5.99. The Kier molecular flexibility index (Phi) is 2.60. The summed E-state index contributed by atoms with van der Waals surface area (Å²) in [4.78, 5) is 21.9. The highest BCUT2D eigenvalue weighted by Gasteiger charge is 2.52. The SMILES string of the molecule is O=COC1(C(=O)Nc2ccc(F)cc2)CC1. The van der Waals surface area contributed by atoms with Crippen molar-refractivity contribution >= 4 is 18.1 Å². The van der Waals surface area contributed by atoms with Crippen LogP contribution in [0.3, 0.4) is 0 Å². The van der Waals surface area contributed by atoms with Crippen LogP contribution in [0, 0.1) is 5.82 Å². The van der Waals surface area contributed by atoms with Gasteiger partial charge in [-0.15, -0.1) is 0 Å². The first kappa shape index (κ1) is 10.6. The van der Waals surface area contributed by atoms with E-state index in [-0.39, 0.29) is 18.2 Å². The smallest absolute Gasteiger partial charge is 0.294 e. The average molecular weight is 223 g/mol. The van der Waals surface area contributed by atoms with Crippen molar-refractivity contribution in [2.45, 2.75) is 18.4 Å². The summed E-state index contributed by atoms with van der Waals surface area (Å²) in [7, 11) is 0. The number of amides is 1. The van der Waals surface area contributed by atoms with Crippen molar-refractivity contribution in [2.24, 2.45) is 0 Å². The fourth-order valence-electron chi connectivity index (χ4n) is 1.38. The first-order chi connectivity index (χ1) is 7.66. The van der Waals surface area contributed by atoms with Gasteiger partial charge in [-0.3, -0.25) is 9.59 Å². The van der Waals surface area contributed by atoms with Gasteiger partial charge in [0.25, 0.3) is 12.4 Å². The lowest BCUT2D eigenvalue weighted by Gasteiger charge is -2.13. The predicted molar refractivity (Wildman–Crippen MR) is 54.1 cm³/mol. The van der Waals surface area contributed by atoms with Crippen LogP contribution in [-0.2, 0) is 14.3 Å². The van der Waals surface area contributed by atoms with E-state index in [4.69, 9.17) is 4.74 Å². The van der Waals surface area contributed by atoms with Gasteiger partial charge in [-0.05, 0) is 24.3 Å². The Morgan fingerprint density at radius 3 is 2.50 bits per heavy atom. The maximum atomic E-state index is 12.6. The van der Waals surface area contributed by atoms with Crippen LogP contribution in [0.1, 0.15) is 12.8 Å². The van der Waals surface area contributed by atoms with Crippen LogP contribution in [0.2, 0.25) is 0 Å². The number of rotatable bonds is 4. The van der Waals surface area contributed by atoms with Crippen molar-refractivity contribution in [2.75, 3.05) is 5.32 Å². The van der Waals surface area contributed by atoms with Crippen LogP contribution in [0.4, 0.5) is 10.1 Å². The lowest BCUT2D eigenvalue weighted by molar-refractivity contribution is -0.144. The van der Waals surface area contributed by atoms with Gasteiger partial charge in [0.05, 0.1) is 0 Å². The number of ether oxygens (including phenoxy) is 1. The Hall–Kier alpha value is -1.91. The van der Waals surface area contributed by atoms with Crippen LogP contribution < -0.4 is 5.32 Å². The maximum absolute atomic E-state index is 12.6. The van der Waals surface area contributed by atoms with Crippen LogP contribution in [0.5, 0.6) is 0 Å². The number of carbonyl (C=O) groups is 2. The quantitative estimate of drug-likeness (QED) is 0.786. The van der Waals surface area contributed by atoms with Crippen molar-refractivity contribution in [3.05, 3.63) is 30.1 Å². The molecule has 1 aliphatic rings. The fourth-order valence-corrected chi connectivity index (χ4v) is 1.38. The molecule has 2 rings (SSSR count). The molecule has 5 heteroatoms. The van der Waals surface area contributed by atoms with Crippen LogP contribution in [0.25, 0.3) is 0 Å². The minimum absolute atomic E-state index is 0.275. The Bertz CT molecular complexity index is 412. The topological polar surface area (TPSA) is 55.4 Å². The van der Waals surface area contributed by atoms with E-state index in [1.165, 1.54) is 24.3 Å². The molecule has 0 aromatic heterocycles. The number of nitrogens with one attached hydrogen (secondary N) is 1. The highest BCUT2D eigenvalue weighted by atomic mass is 19.1. The van der Waals surface area contributed by atoms with E-state index in [1.54, 1.807) is 0 Å². The van der Waals surface area contributed by atoms with E-state index >= 15 is 0 Å². The molecular weight excluding hydrogens is 213 g/mol. The van der Waals surface area contributed by atoms with Gasteiger partial charge >= 0.3 is 0 Å². The van der Waals surface area contributed by atoms with Gasteiger partial charge in [-0.1, -0.05) is 0 Å². The first-order valence-electron chi connectivity index (χ1n) is 4.85. The van der Waals surface area contributed by atoms with Crippen molar-refractivity contribution in [3.63, 3.8) is 0 Å². The van der Waals surface area contributed by atoms with Crippen LogP contribution in [0.15, 0.2) is 24.3 Å². The summed E-state index contributed by atoms with van der Waals surface area (Å²) in [6.45, 7) is 0.275. The summed E-state index contributed by atoms with van der Waals surface area (Å²) in [5.74, 6) is -0.741. The average Bonchev–Trinajstić information content (AvgIpc) is 3.03. The Labute approximate surface area is 91.4 Å². The van der Waals surface area contributed by atoms with E-state index in [0.717, 1.165) is 0 Å². The van der Waals surface area contributed by atoms with E-state index in [9.17, 15) is 14.0 Å². The second kappa shape index (κ2) is 3.92. The zero-order chi connectivity index (χ0) is 11.6. The summed E-state index contributed by atoms with van der Waals surface area (Å²) in [5.41, 5.74) is -0.525. The Morgan fingerprint density at radius 1 is 1.38 bits per heavy atom. The molecule has 1 amide bonds. The zero-order valence-electron chi connectivity index (χ0n) is 8.40. The Balaban J connectivity index is 2.02. The molecule has 0 spiro atoms. The van der Waals surface area contributed by atoms with Gasteiger partial charge < -0.3 is 10.1 Å². The molecule has 1 aromatic carbocycles.